The summed E-state index contributed by atoms with van der Waals surface area (Å²) < 4.78 is 2.72. The monoisotopic (exact) mass is 730 g/mol. The van der Waals surface area contributed by atoms with Gasteiger partial charge in [-0.1, -0.05) is 153 Å². The van der Waals surface area contributed by atoms with E-state index < -0.39 is 0 Å². The van der Waals surface area contributed by atoms with Crippen molar-refractivity contribution in [1.29, 1.82) is 0 Å². The second-order valence-electron chi connectivity index (χ2n) is 16.3. The van der Waals surface area contributed by atoms with E-state index in [1.54, 1.807) is 0 Å². The fourth-order valence-corrected chi connectivity index (χ4v) is 11.3. The fourth-order valence-electron chi connectivity index (χ4n) is 10.1. The molecule has 1 heteroatoms. The third-order valence-corrected chi connectivity index (χ3v) is 14.0. The Kier molecular flexibility index (Phi) is 6.78. The predicted octanol–water partition coefficient (Wildman–Crippen LogP) is 15.8. The SMILES string of the molecule is CC1(C)c2ccc(-c3ccc(-c4c5ccccc5c(-c5ccc6c(c5)CCC=C6)c5ccccc45)cc3)cc2-c2cc3ccc4sc5ccccc5c4c3cc21. The minimum atomic E-state index is -0.0837. The minimum Gasteiger partial charge on any atom is -0.135 e. The lowest BCUT2D eigenvalue weighted by atomic mass is 9.81. The van der Waals surface area contributed by atoms with Gasteiger partial charge in [-0.25, -0.2) is 0 Å². The molecule has 9 aromatic carbocycles. The lowest BCUT2D eigenvalue weighted by molar-refractivity contribution is 0.661. The van der Waals surface area contributed by atoms with Gasteiger partial charge in [0.2, 0.25) is 0 Å². The van der Waals surface area contributed by atoms with Gasteiger partial charge in [0, 0.05) is 25.6 Å². The van der Waals surface area contributed by atoms with Crippen molar-refractivity contribution in [3.05, 3.63) is 186 Å². The number of allylic oxidation sites excluding steroid dienone is 1. The Hall–Kier alpha value is -6.28. The molecular weight excluding hydrogens is 693 g/mol. The molecule has 12 rings (SSSR count). The molecular formula is C55H38S. The average Bonchev–Trinajstić information content (AvgIpc) is 3.73. The Morgan fingerprint density at radius 3 is 1.84 bits per heavy atom. The first kappa shape index (κ1) is 32.0. The van der Waals surface area contributed by atoms with Gasteiger partial charge in [0.1, 0.15) is 0 Å². The molecule has 0 bridgehead atoms. The number of rotatable bonds is 3. The molecule has 1 heterocycles. The van der Waals surface area contributed by atoms with E-state index in [4.69, 9.17) is 0 Å². The number of hydrogen-bond donors (Lipinski definition) is 0. The van der Waals surface area contributed by atoms with Gasteiger partial charge in [0.15, 0.2) is 0 Å². The molecule has 0 saturated carbocycles. The van der Waals surface area contributed by atoms with Crippen LogP contribution in [0.5, 0.6) is 0 Å². The maximum Gasteiger partial charge on any atom is 0.0361 e. The van der Waals surface area contributed by atoms with Gasteiger partial charge in [-0.15, -0.1) is 11.3 Å². The zero-order chi connectivity index (χ0) is 37.1. The zero-order valence-electron chi connectivity index (χ0n) is 31.5. The smallest absolute Gasteiger partial charge is 0.0361 e. The topological polar surface area (TPSA) is 0 Å². The number of fused-ring (bicyclic) bond motifs is 11. The van der Waals surface area contributed by atoms with E-state index in [-0.39, 0.29) is 5.41 Å². The molecule has 2 aliphatic carbocycles. The molecule has 0 amide bonds. The summed E-state index contributed by atoms with van der Waals surface area (Å²) in [7, 11) is 0. The third kappa shape index (κ3) is 4.59. The molecule has 0 radical (unpaired) electrons. The molecule has 264 valence electrons. The van der Waals surface area contributed by atoms with Crippen LogP contribution in [0.2, 0.25) is 0 Å². The zero-order valence-corrected chi connectivity index (χ0v) is 32.3. The van der Waals surface area contributed by atoms with Crippen LogP contribution < -0.4 is 0 Å². The van der Waals surface area contributed by atoms with Crippen LogP contribution in [0.25, 0.3) is 103 Å². The van der Waals surface area contributed by atoms with Crippen molar-refractivity contribution in [2.75, 3.05) is 0 Å². The molecule has 0 aliphatic heterocycles. The molecule has 0 nitrogen and oxygen atoms in total. The first-order chi connectivity index (χ1) is 27.5. The summed E-state index contributed by atoms with van der Waals surface area (Å²) >= 11 is 1.90. The highest BCUT2D eigenvalue weighted by Gasteiger charge is 2.36. The Labute approximate surface area is 331 Å². The van der Waals surface area contributed by atoms with Crippen LogP contribution in [0, 0.1) is 0 Å². The molecule has 56 heavy (non-hydrogen) atoms. The van der Waals surface area contributed by atoms with E-state index in [0.29, 0.717) is 0 Å². The van der Waals surface area contributed by atoms with E-state index in [1.165, 1.54) is 119 Å². The van der Waals surface area contributed by atoms with E-state index in [0.717, 1.165) is 12.8 Å². The van der Waals surface area contributed by atoms with Crippen molar-refractivity contribution >= 4 is 69.9 Å². The number of hydrogen-bond acceptors (Lipinski definition) is 1. The molecule has 0 atom stereocenters. The summed E-state index contributed by atoms with van der Waals surface area (Å²) in [5, 5.41) is 10.6. The Bertz CT molecular complexity index is 3260. The number of benzene rings is 9. The average molecular weight is 731 g/mol. The summed E-state index contributed by atoms with van der Waals surface area (Å²) in [6.45, 7) is 4.79. The van der Waals surface area contributed by atoms with E-state index in [2.05, 4.69) is 184 Å². The highest BCUT2D eigenvalue weighted by Crippen LogP contribution is 2.52. The predicted molar refractivity (Wildman–Crippen MR) is 243 cm³/mol. The fraction of sp³-hybridized carbons (Fsp3) is 0.0909. The van der Waals surface area contributed by atoms with E-state index >= 15 is 0 Å². The van der Waals surface area contributed by atoms with Gasteiger partial charge < -0.3 is 0 Å². The quantitative estimate of drug-likeness (QED) is 0.159. The van der Waals surface area contributed by atoms with Gasteiger partial charge in [-0.3, -0.25) is 0 Å². The van der Waals surface area contributed by atoms with Crippen molar-refractivity contribution in [2.24, 2.45) is 0 Å². The number of aryl methyl sites for hydroxylation is 1. The molecule has 10 aromatic rings. The van der Waals surface area contributed by atoms with Crippen LogP contribution in [0.3, 0.4) is 0 Å². The summed E-state index contributed by atoms with van der Waals surface area (Å²) in [6, 6.07) is 60.0. The number of thiophene rings is 1. The summed E-state index contributed by atoms with van der Waals surface area (Å²) in [5.41, 5.74) is 15.9. The second kappa shape index (κ2) is 11.9. The highest BCUT2D eigenvalue weighted by atomic mass is 32.1. The summed E-state index contributed by atoms with van der Waals surface area (Å²) in [5.74, 6) is 0. The van der Waals surface area contributed by atoms with Gasteiger partial charge >= 0.3 is 0 Å². The van der Waals surface area contributed by atoms with Gasteiger partial charge in [-0.2, -0.15) is 0 Å². The maximum absolute atomic E-state index is 2.50. The normalized spacial score (nSPS) is 14.2. The lowest BCUT2D eigenvalue weighted by Gasteiger charge is -2.22. The van der Waals surface area contributed by atoms with Crippen molar-refractivity contribution < 1.29 is 0 Å². The molecule has 0 spiro atoms. The Morgan fingerprint density at radius 1 is 0.464 bits per heavy atom. The van der Waals surface area contributed by atoms with E-state index in [9.17, 15) is 0 Å². The largest absolute Gasteiger partial charge is 0.135 e. The maximum atomic E-state index is 2.50. The van der Waals surface area contributed by atoms with Crippen LogP contribution in [0.15, 0.2) is 164 Å². The molecule has 0 saturated heterocycles. The molecule has 0 N–H and O–H groups in total. The standard InChI is InChI=1S/C55H38S/c1-55(2)48-27-25-37(30-46(48)47-31-38-26-28-51-54(45(38)32-49(47)55)44-17-9-10-18-50(44)56-51)34-19-22-35(23-20-34)52-40-13-5-7-15-42(40)53(43-16-8-6-14-41(43)52)39-24-21-33-11-3-4-12-36(33)29-39/h3,5-11,13-32H,4,12H2,1-2H3. The van der Waals surface area contributed by atoms with Crippen molar-refractivity contribution in [3.63, 3.8) is 0 Å². The molecule has 0 fully saturated rings. The first-order valence-electron chi connectivity index (χ1n) is 19.9. The van der Waals surface area contributed by atoms with Gasteiger partial charge in [0.05, 0.1) is 0 Å². The third-order valence-electron chi connectivity index (χ3n) is 12.9. The van der Waals surface area contributed by atoms with Crippen molar-refractivity contribution in [3.8, 4) is 44.5 Å². The van der Waals surface area contributed by atoms with Gasteiger partial charge in [0.25, 0.3) is 0 Å². The molecule has 2 aliphatic rings. The van der Waals surface area contributed by atoms with Crippen molar-refractivity contribution in [2.45, 2.75) is 32.1 Å². The molecule has 1 aromatic heterocycles. The van der Waals surface area contributed by atoms with E-state index in [1.807, 2.05) is 11.3 Å². The van der Waals surface area contributed by atoms with Crippen LogP contribution in [0.1, 0.15) is 42.5 Å². The lowest BCUT2D eigenvalue weighted by Crippen LogP contribution is -2.14. The minimum absolute atomic E-state index is 0.0837. The van der Waals surface area contributed by atoms with Crippen LogP contribution in [0.4, 0.5) is 0 Å². The van der Waals surface area contributed by atoms with Crippen LogP contribution in [-0.4, -0.2) is 0 Å². The molecule has 0 unspecified atom stereocenters. The van der Waals surface area contributed by atoms with Crippen LogP contribution >= 0.6 is 11.3 Å². The van der Waals surface area contributed by atoms with Crippen molar-refractivity contribution in [1.82, 2.24) is 0 Å². The van der Waals surface area contributed by atoms with Crippen LogP contribution in [-0.2, 0) is 11.8 Å². The first-order valence-corrected chi connectivity index (χ1v) is 20.7. The Balaban J connectivity index is 0.974. The van der Waals surface area contributed by atoms with Gasteiger partial charge in [-0.05, 0) is 142 Å². The highest BCUT2D eigenvalue weighted by molar-refractivity contribution is 7.26. The second-order valence-corrected chi connectivity index (χ2v) is 17.4. The summed E-state index contributed by atoms with van der Waals surface area (Å²) in [4.78, 5) is 0. The summed E-state index contributed by atoms with van der Waals surface area (Å²) in [6.07, 6.45) is 6.78. The Morgan fingerprint density at radius 2 is 1.09 bits per heavy atom.